The smallest absolute Gasteiger partial charge is 0.239 e. The van der Waals surface area contributed by atoms with E-state index in [0.717, 1.165) is 16.5 Å². The average Bonchev–Trinajstić information content (AvgIpc) is 2.83. The molecule has 7 heteroatoms. The summed E-state index contributed by atoms with van der Waals surface area (Å²) in [5.74, 6) is -0.313. The number of fused-ring (bicyclic) bond motifs is 1. The van der Waals surface area contributed by atoms with Gasteiger partial charge in [-0.05, 0) is 50.4 Å². The summed E-state index contributed by atoms with van der Waals surface area (Å²) in [7, 11) is 0. The number of carbonyl (C=O) groups is 2. The number of para-hydroxylation sites is 1. The van der Waals surface area contributed by atoms with Gasteiger partial charge in [-0.2, -0.15) is 0 Å². The van der Waals surface area contributed by atoms with Crippen molar-refractivity contribution in [1.82, 2.24) is 9.88 Å². The second-order valence-corrected chi connectivity index (χ2v) is 8.31. The Morgan fingerprint density at radius 1 is 1.09 bits per heavy atom. The van der Waals surface area contributed by atoms with E-state index >= 15 is 0 Å². The van der Waals surface area contributed by atoms with E-state index in [-0.39, 0.29) is 18.2 Å². The summed E-state index contributed by atoms with van der Waals surface area (Å²) in [6.45, 7) is 3.34. The molecule has 3 aromatic rings. The highest BCUT2D eigenvalue weighted by molar-refractivity contribution is 5.93. The third kappa shape index (κ3) is 7.37. The molecule has 1 aromatic heterocycles. The number of hydrogen-bond donors (Lipinski definition) is 3. The summed E-state index contributed by atoms with van der Waals surface area (Å²) in [6, 6.07) is 17.2. The van der Waals surface area contributed by atoms with Gasteiger partial charge in [-0.3, -0.25) is 14.6 Å². The topological polar surface area (TPSA) is 114 Å². The van der Waals surface area contributed by atoms with E-state index in [1.165, 1.54) is 5.56 Å². The first-order valence-electron chi connectivity index (χ1n) is 11.4. The van der Waals surface area contributed by atoms with Crippen molar-refractivity contribution in [3.8, 4) is 0 Å². The second kappa shape index (κ2) is 12.1. The van der Waals surface area contributed by atoms with Crippen LogP contribution >= 0.6 is 0 Å². The molecule has 0 aliphatic heterocycles. The maximum absolute atomic E-state index is 13.0. The lowest BCUT2D eigenvalue weighted by Crippen LogP contribution is -2.45. The molecule has 33 heavy (non-hydrogen) atoms. The van der Waals surface area contributed by atoms with Crippen molar-refractivity contribution >= 4 is 28.4 Å². The number of nitrogens with two attached hydrogens (primary N) is 2. The Labute approximate surface area is 195 Å². The molecule has 0 radical (unpaired) electrons. The molecule has 7 nitrogen and oxygen atoms in total. The number of rotatable bonds is 11. The Hall–Kier alpha value is -3.29. The molecule has 3 rings (SSSR count). The van der Waals surface area contributed by atoms with Crippen LogP contribution in [0.15, 0.2) is 60.8 Å². The van der Waals surface area contributed by atoms with Crippen molar-refractivity contribution in [2.45, 2.75) is 38.6 Å². The highest BCUT2D eigenvalue weighted by Crippen LogP contribution is 2.16. The monoisotopic (exact) mass is 447 g/mol. The standard InChI is InChI=1S/C26H33N5O2/c1-19-8-10-20(11-9-19)12-15-31(26(33)23(28)6-4-14-27)16-13-25(32)30-22-17-21-5-2-3-7-24(21)29-18-22/h2-3,5,7-11,17-18,23H,4,6,12-16,27-28H2,1H3,(H,30,32)/t23-/m1/s1. The average molecular weight is 448 g/mol. The van der Waals surface area contributed by atoms with Crippen LogP contribution in [-0.4, -0.2) is 47.4 Å². The fourth-order valence-corrected chi connectivity index (χ4v) is 3.65. The molecule has 0 aliphatic carbocycles. The van der Waals surface area contributed by atoms with Crippen molar-refractivity contribution < 1.29 is 9.59 Å². The van der Waals surface area contributed by atoms with Crippen molar-refractivity contribution in [1.29, 1.82) is 0 Å². The van der Waals surface area contributed by atoms with Gasteiger partial charge < -0.3 is 21.7 Å². The molecule has 0 fully saturated rings. The molecule has 5 N–H and O–H groups in total. The van der Waals surface area contributed by atoms with Crippen LogP contribution in [0, 0.1) is 6.92 Å². The van der Waals surface area contributed by atoms with Gasteiger partial charge in [0.1, 0.15) is 0 Å². The zero-order chi connectivity index (χ0) is 23.6. The minimum absolute atomic E-state index is 0.143. The Kier molecular flexibility index (Phi) is 8.92. The Morgan fingerprint density at radius 2 is 1.85 bits per heavy atom. The first-order chi connectivity index (χ1) is 16.0. The molecule has 1 atom stereocenters. The summed E-state index contributed by atoms with van der Waals surface area (Å²) in [6.07, 6.45) is 3.74. The summed E-state index contributed by atoms with van der Waals surface area (Å²) in [5, 5.41) is 3.84. The van der Waals surface area contributed by atoms with Crippen LogP contribution in [0.25, 0.3) is 10.9 Å². The molecule has 2 aromatic carbocycles. The third-order valence-electron chi connectivity index (χ3n) is 5.62. The van der Waals surface area contributed by atoms with Crippen LogP contribution in [0.3, 0.4) is 0 Å². The number of amides is 2. The van der Waals surface area contributed by atoms with Crippen LogP contribution in [0.4, 0.5) is 5.69 Å². The summed E-state index contributed by atoms with van der Waals surface area (Å²) in [4.78, 5) is 31.6. The van der Waals surface area contributed by atoms with Crippen molar-refractivity contribution in [3.63, 3.8) is 0 Å². The van der Waals surface area contributed by atoms with E-state index in [4.69, 9.17) is 11.5 Å². The van der Waals surface area contributed by atoms with Gasteiger partial charge in [0.05, 0.1) is 23.4 Å². The fraction of sp³-hybridized carbons (Fsp3) is 0.346. The number of aromatic nitrogens is 1. The van der Waals surface area contributed by atoms with E-state index < -0.39 is 6.04 Å². The Balaban J connectivity index is 1.61. The van der Waals surface area contributed by atoms with Crippen LogP contribution in [0.5, 0.6) is 0 Å². The lowest BCUT2D eigenvalue weighted by atomic mass is 10.1. The van der Waals surface area contributed by atoms with Gasteiger partial charge in [-0.25, -0.2) is 0 Å². The number of nitrogens with zero attached hydrogens (tertiary/aromatic N) is 2. The van der Waals surface area contributed by atoms with Gasteiger partial charge in [0.25, 0.3) is 0 Å². The van der Waals surface area contributed by atoms with Gasteiger partial charge in [-0.15, -0.1) is 0 Å². The maximum atomic E-state index is 13.0. The molecule has 0 saturated carbocycles. The van der Waals surface area contributed by atoms with Gasteiger partial charge in [0.15, 0.2) is 0 Å². The van der Waals surface area contributed by atoms with Gasteiger partial charge >= 0.3 is 0 Å². The molecule has 1 heterocycles. The van der Waals surface area contributed by atoms with Gasteiger partial charge in [0, 0.05) is 24.9 Å². The van der Waals surface area contributed by atoms with Crippen molar-refractivity contribution in [2.24, 2.45) is 11.5 Å². The predicted octanol–water partition coefficient (Wildman–Crippen LogP) is 3.01. The lowest BCUT2D eigenvalue weighted by molar-refractivity contribution is -0.133. The summed E-state index contributed by atoms with van der Waals surface area (Å²) < 4.78 is 0. The van der Waals surface area contributed by atoms with E-state index in [2.05, 4.69) is 34.6 Å². The molecular formula is C26H33N5O2. The SMILES string of the molecule is Cc1ccc(CCN(CCC(=O)Nc2cnc3ccccc3c2)C(=O)[C@H](N)CCCN)cc1. The minimum atomic E-state index is -0.612. The number of hydrogen-bond acceptors (Lipinski definition) is 5. The second-order valence-electron chi connectivity index (χ2n) is 8.31. The zero-order valence-corrected chi connectivity index (χ0v) is 19.2. The quantitative estimate of drug-likeness (QED) is 0.418. The first-order valence-corrected chi connectivity index (χ1v) is 11.4. The molecule has 0 unspecified atom stereocenters. The number of benzene rings is 2. The minimum Gasteiger partial charge on any atom is -0.341 e. The molecule has 0 aliphatic rings. The fourth-order valence-electron chi connectivity index (χ4n) is 3.65. The summed E-state index contributed by atoms with van der Waals surface area (Å²) in [5.41, 5.74) is 15.5. The van der Waals surface area contributed by atoms with Crippen LogP contribution in [0.1, 0.15) is 30.4 Å². The number of nitrogens with one attached hydrogen (secondary N) is 1. The third-order valence-corrected chi connectivity index (χ3v) is 5.62. The predicted molar refractivity (Wildman–Crippen MR) is 133 cm³/mol. The Morgan fingerprint density at radius 3 is 2.61 bits per heavy atom. The molecule has 0 spiro atoms. The summed E-state index contributed by atoms with van der Waals surface area (Å²) >= 11 is 0. The van der Waals surface area contributed by atoms with E-state index in [1.54, 1.807) is 11.1 Å². The van der Waals surface area contributed by atoms with Crippen LogP contribution in [-0.2, 0) is 16.0 Å². The number of pyridine rings is 1. The molecule has 174 valence electrons. The van der Waals surface area contributed by atoms with E-state index in [1.807, 2.05) is 37.3 Å². The Bertz CT molecular complexity index is 1070. The number of aryl methyl sites for hydroxylation is 1. The molecule has 2 amide bonds. The first kappa shape index (κ1) is 24.4. The largest absolute Gasteiger partial charge is 0.341 e. The van der Waals surface area contributed by atoms with Gasteiger partial charge in [0.2, 0.25) is 11.8 Å². The number of anilines is 1. The van der Waals surface area contributed by atoms with E-state index in [0.29, 0.717) is 44.6 Å². The van der Waals surface area contributed by atoms with Crippen LogP contribution in [0.2, 0.25) is 0 Å². The van der Waals surface area contributed by atoms with E-state index in [9.17, 15) is 9.59 Å². The molecular weight excluding hydrogens is 414 g/mol. The van der Waals surface area contributed by atoms with Crippen molar-refractivity contribution in [2.75, 3.05) is 25.0 Å². The highest BCUT2D eigenvalue weighted by Gasteiger charge is 2.21. The molecule has 0 saturated heterocycles. The zero-order valence-electron chi connectivity index (χ0n) is 19.2. The number of carbonyl (C=O) groups excluding carboxylic acids is 2. The highest BCUT2D eigenvalue weighted by atomic mass is 16.2. The normalized spacial score (nSPS) is 11.8. The van der Waals surface area contributed by atoms with Gasteiger partial charge in [-0.1, -0.05) is 48.0 Å². The van der Waals surface area contributed by atoms with Crippen molar-refractivity contribution in [3.05, 3.63) is 71.9 Å². The lowest BCUT2D eigenvalue weighted by Gasteiger charge is -2.26. The molecule has 0 bridgehead atoms. The maximum Gasteiger partial charge on any atom is 0.239 e. The van der Waals surface area contributed by atoms with Crippen LogP contribution < -0.4 is 16.8 Å².